The number of amides is 1. The van der Waals surface area contributed by atoms with Crippen molar-refractivity contribution in [3.8, 4) is 0 Å². The van der Waals surface area contributed by atoms with Gasteiger partial charge in [0.1, 0.15) is 5.82 Å². The number of hydrogen-bond donors (Lipinski definition) is 0. The van der Waals surface area contributed by atoms with Gasteiger partial charge in [0, 0.05) is 18.4 Å². The Hall–Kier alpha value is -1.57. The van der Waals surface area contributed by atoms with E-state index >= 15 is 0 Å². The van der Waals surface area contributed by atoms with Gasteiger partial charge in [-0.25, -0.2) is 4.39 Å². The molecule has 1 aromatic carbocycles. The van der Waals surface area contributed by atoms with Crippen molar-refractivity contribution >= 4 is 27.5 Å². The number of carbonyl (C=O) groups excluding carboxylic acids is 1. The van der Waals surface area contributed by atoms with Gasteiger partial charge in [-0.3, -0.25) is 14.9 Å². The predicted molar refractivity (Wildman–Crippen MR) is 73.0 cm³/mol. The van der Waals surface area contributed by atoms with Gasteiger partial charge in [-0.2, -0.15) is 4.39 Å². The molecule has 1 amide bonds. The van der Waals surface area contributed by atoms with Gasteiger partial charge in [-0.1, -0.05) is 22.9 Å². The number of nitrogens with zero attached hydrogens (tertiary/aromatic N) is 2. The molecule has 0 bridgehead atoms. The Morgan fingerprint density at radius 1 is 1.40 bits per heavy atom. The largest absolute Gasteiger partial charge is 0.338 e. The summed E-state index contributed by atoms with van der Waals surface area (Å²) in [5.41, 5.74) is -1.66. The molecule has 0 aliphatic carbocycles. The third-order valence-corrected chi connectivity index (χ3v) is 2.94. The number of halogens is 3. The lowest BCUT2D eigenvalue weighted by Crippen LogP contribution is -2.34. The van der Waals surface area contributed by atoms with Crippen LogP contribution in [0.15, 0.2) is 12.1 Å². The molecule has 0 unspecified atom stereocenters. The van der Waals surface area contributed by atoms with Crippen LogP contribution in [0, 0.1) is 21.7 Å². The van der Waals surface area contributed by atoms with E-state index in [1.165, 1.54) is 4.90 Å². The first-order valence-corrected chi connectivity index (χ1v) is 7.03. The van der Waals surface area contributed by atoms with Gasteiger partial charge in [0.2, 0.25) is 5.82 Å². The number of nitro benzene ring substituents is 1. The smallest absolute Gasteiger partial charge is 0.308 e. The van der Waals surface area contributed by atoms with Crippen molar-refractivity contribution in [1.29, 1.82) is 0 Å². The number of nitro groups is 1. The molecular formula is C12H13BrF2N2O3. The van der Waals surface area contributed by atoms with E-state index in [9.17, 15) is 23.7 Å². The summed E-state index contributed by atoms with van der Waals surface area (Å²) < 4.78 is 27.2. The Balaban J connectivity index is 3.23. The van der Waals surface area contributed by atoms with E-state index in [1.807, 2.05) is 6.92 Å². The third kappa shape index (κ3) is 3.72. The first-order valence-electron chi connectivity index (χ1n) is 5.91. The van der Waals surface area contributed by atoms with E-state index in [4.69, 9.17) is 0 Å². The van der Waals surface area contributed by atoms with Gasteiger partial charge in [-0.15, -0.1) is 0 Å². The van der Waals surface area contributed by atoms with Crippen molar-refractivity contribution in [2.45, 2.75) is 13.3 Å². The molecule has 5 nitrogen and oxygen atoms in total. The van der Waals surface area contributed by atoms with Gasteiger partial charge >= 0.3 is 5.69 Å². The van der Waals surface area contributed by atoms with E-state index in [0.29, 0.717) is 37.0 Å². The predicted octanol–water partition coefficient (Wildman–Crippen LogP) is 3.12. The van der Waals surface area contributed by atoms with Crippen molar-refractivity contribution in [3.05, 3.63) is 39.4 Å². The van der Waals surface area contributed by atoms with Crippen LogP contribution < -0.4 is 0 Å². The molecule has 0 saturated carbocycles. The normalized spacial score (nSPS) is 10.4. The summed E-state index contributed by atoms with van der Waals surface area (Å²) in [6.45, 7) is 2.49. The zero-order valence-corrected chi connectivity index (χ0v) is 12.3. The summed E-state index contributed by atoms with van der Waals surface area (Å²) in [7, 11) is 0. The molecule has 0 aromatic heterocycles. The minimum atomic E-state index is -1.31. The zero-order chi connectivity index (χ0) is 15.3. The van der Waals surface area contributed by atoms with Gasteiger partial charge in [0.25, 0.3) is 5.91 Å². The van der Waals surface area contributed by atoms with Crippen LogP contribution in [0.1, 0.15) is 23.7 Å². The van der Waals surface area contributed by atoms with Crippen molar-refractivity contribution in [1.82, 2.24) is 4.90 Å². The summed E-state index contributed by atoms with van der Waals surface area (Å²) >= 11 is 3.16. The molecule has 0 saturated heterocycles. The quantitative estimate of drug-likeness (QED) is 0.449. The fraction of sp³-hybridized carbons (Fsp3) is 0.417. The second-order valence-electron chi connectivity index (χ2n) is 4.02. The molecule has 0 radical (unpaired) electrons. The van der Waals surface area contributed by atoms with Gasteiger partial charge in [0.05, 0.1) is 16.6 Å². The van der Waals surface area contributed by atoms with E-state index in [-0.39, 0.29) is 0 Å². The summed E-state index contributed by atoms with van der Waals surface area (Å²) in [5.74, 6) is -3.08. The van der Waals surface area contributed by atoms with Crippen LogP contribution in [-0.4, -0.2) is 34.2 Å². The Kier molecular flexibility index (Phi) is 6.00. The molecule has 8 heteroatoms. The fourth-order valence-corrected chi connectivity index (χ4v) is 2.15. The summed E-state index contributed by atoms with van der Waals surface area (Å²) in [6, 6.07) is 1.14. The molecule has 0 fully saturated rings. The van der Waals surface area contributed by atoms with Gasteiger partial charge < -0.3 is 4.90 Å². The number of carbonyl (C=O) groups is 1. The lowest BCUT2D eigenvalue weighted by atomic mass is 10.1. The molecule has 0 atom stereocenters. The maximum atomic E-state index is 13.9. The monoisotopic (exact) mass is 350 g/mol. The molecule has 20 heavy (non-hydrogen) atoms. The van der Waals surface area contributed by atoms with Crippen LogP contribution >= 0.6 is 15.9 Å². The Morgan fingerprint density at radius 3 is 2.55 bits per heavy atom. The van der Waals surface area contributed by atoms with E-state index in [0.717, 1.165) is 0 Å². The number of rotatable bonds is 6. The molecule has 1 aromatic rings. The van der Waals surface area contributed by atoms with E-state index in [2.05, 4.69) is 15.9 Å². The maximum Gasteiger partial charge on any atom is 0.308 e. The van der Waals surface area contributed by atoms with Crippen LogP contribution in [0.5, 0.6) is 0 Å². The minimum Gasteiger partial charge on any atom is -0.338 e. The molecular weight excluding hydrogens is 338 g/mol. The first kappa shape index (κ1) is 16.5. The highest BCUT2D eigenvalue weighted by Crippen LogP contribution is 2.23. The van der Waals surface area contributed by atoms with E-state index in [1.54, 1.807) is 0 Å². The molecule has 0 aliphatic heterocycles. The average molecular weight is 351 g/mol. The Bertz CT molecular complexity index is 520. The zero-order valence-electron chi connectivity index (χ0n) is 10.7. The fourth-order valence-electron chi connectivity index (χ4n) is 1.72. The lowest BCUT2D eigenvalue weighted by Gasteiger charge is -2.21. The van der Waals surface area contributed by atoms with Crippen LogP contribution in [0.2, 0.25) is 0 Å². The molecule has 0 heterocycles. The average Bonchev–Trinajstić information content (AvgIpc) is 2.39. The number of benzene rings is 1. The highest BCUT2D eigenvalue weighted by molar-refractivity contribution is 9.09. The van der Waals surface area contributed by atoms with Crippen molar-refractivity contribution in [2.75, 3.05) is 18.4 Å². The molecule has 110 valence electrons. The second-order valence-corrected chi connectivity index (χ2v) is 4.82. The standard InChI is InChI=1S/C12H13BrF2N2O3/c1-2-4-16(5-3-13)12(18)9-6-8(14)7-10(11(9)15)17(19)20/h6-7H,2-5H2,1H3. The highest BCUT2D eigenvalue weighted by atomic mass is 79.9. The SMILES string of the molecule is CCCN(CCBr)C(=O)c1cc(F)cc([N+](=O)[O-])c1F. The van der Waals surface area contributed by atoms with Gasteiger partial charge in [0.15, 0.2) is 0 Å². The van der Waals surface area contributed by atoms with Crippen molar-refractivity contribution in [3.63, 3.8) is 0 Å². The highest BCUT2D eigenvalue weighted by Gasteiger charge is 2.26. The summed E-state index contributed by atoms with van der Waals surface area (Å²) in [6.07, 6.45) is 0.637. The maximum absolute atomic E-state index is 13.9. The summed E-state index contributed by atoms with van der Waals surface area (Å²) in [4.78, 5) is 23.0. The number of alkyl halides is 1. The number of hydrogen-bond acceptors (Lipinski definition) is 3. The van der Waals surface area contributed by atoms with Gasteiger partial charge in [-0.05, 0) is 12.5 Å². The lowest BCUT2D eigenvalue weighted by molar-refractivity contribution is -0.387. The van der Waals surface area contributed by atoms with Crippen LogP contribution in [-0.2, 0) is 0 Å². The van der Waals surface area contributed by atoms with Crippen LogP contribution in [0.4, 0.5) is 14.5 Å². The minimum absolute atomic E-state index is 0.302. The van der Waals surface area contributed by atoms with Crippen LogP contribution in [0.25, 0.3) is 0 Å². The van der Waals surface area contributed by atoms with Crippen molar-refractivity contribution in [2.24, 2.45) is 0 Å². The molecule has 0 spiro atoms. The molecule has 0 aliphatic rings. The first-order chi connectivity index (χ1) is 9.42. The molecule has 0 N–H and O–H groups in total. The Morgan fingerprint density at radius 2 is 2.05 bits per heavy atom. The topological polar surface area (TPSA) is 63.5 Å². The molecule has 1 rings (SSSR count). The summed E-state index contributed by atoms with van der Waals surface area (Å²) in [5, 5.41) is 11.1. The van der Waals surface area contributed by atoms with E-state index < -0.39 is 33.7 Å². The van der Waals surface area contributed by atoms with Crippen LogP contribution in [0.3, 0.4) is 0 Å². The Labute approximate surface area is 122 Å². The third-order valence-electron chi connectivity index (χ3n) is 2.58. The second kappa shape index (κ2) is 7.28. The van der Waals surface area contributed by atoms with Crippen molar-refractivity contribution < 1.29 is 18.5 Å².